The van der Waals surface area contributed by atoms with Crippen molar-refractivity contribution in [2.75, 3.05) is 0 Å². The monoisotopic (exact) mass is 260 g/mol. The number of hydrogen-bond donors (Lipinski definition) is 2. The fraction of sp³-hybridized carbons (Fsp3) is 0. The van der Waals surface area contributed by atoms with Crippen molar-refractivity contribution in [3.05, 3.63) is 0 Å². The van der Waals surface area contributed by atoms with E-state index in [1.165, 1.54) is 0 Å². The fourth-order valence-corrected chi connectivity index (χ4v) is 0.978. The Balaban J connectivity index is -0.0000000320. The predicted octanol–water partition coefficient (Wildman–Crippen LogP) is -4.43. The van der Waals surface area contributed by atoms with Crippen LogP contribution in [0.5, 0.6) is 0 Å². The minimum atomic E-state index is -5.12. The quantitative estimate of drug-likeness (QED) is 0.380. The van der Waals surface area contributed by atoms with Gasteiger partial charge >= 0.3 is 110 Å². The molecule has 0 aromatic rings. The molecule has 0 atom stereocenters. The van der Waals surface area contributed by atoms with Gasteiger partial charge in [-0.05, 0) is 0 Å². The average Bonchev–Trinajstić information content (AvgIpc) is 1.14. The van der Waals surface area contributed by atoms with E-state index in [0.29, 0.717) is 0 Å². The molecule has 0 saturated carbocycles. The summed E-state index contributed by atoms with van der Waals surface area (Å²) in [4.78, 5) is 0. The second kappa shape index (κ2) is 7.03. The Morgan fingerprint density at radius 2 is 1.18 bits per heavy atom. The van der Waals surface area contributed by atoms with Crippen molar-refractivity contribution >= 4 is 58.5 Å². The maximum absolute atomic E-state index is 9.44. The minimum absolute atomic E-state index is 0. The zero-order valence-corrected chi connectivity index (χ0v) is 12.4. The van der Waals surface area contributed by atoms with E-state index in [4.69, 9.17) is 9.11 Å². The van der Waals surface area contributed by atoms with Crippen molar-refractivity contribution in [2.45, 2.75) is 0 Å². The van der Waals surface area contributed by atoms with Crippen molar-refractivity contribution in [3.8, 4) is 0 Å². The summed E-state index contributed by atoms with van der Waals surface area (Å²) >= 11 is 0. The molecule has 0 radical (unpaired) electrons. The first-order valence-corrected chi connectivity index (χ1v) is 4.10. The van der Waals surface area contributed by atoms with Crippen LogP contribution in [0, 0.1) is 0 Å². The second-order valence-electron chi connectivity index (χ2n) is 0.924. The third-order valence-corrected chi connectivity index (χ3v) is 1.55. The van der Waals surface area contributed by atoms with Gasteiger partial charge in [0.15, 0.2) is 0 Å². The molecule has 0 aromatic carbocycles. The number of rotatable bonds is 2. The van der Waals surface area contributed by atoms with Crippen LogP contribution in [0.3, 0.4) is 0 Å². The van der Waals surface area contributed by atoms with E-state index in [1.54, 1.807) is 0 Å². The summed E-state index contributed by atoms with van der Waals surface area (Å²) in [5, 5.41) is 0. The Bertz CT molecular complexity index is 252. The Hall–Kier alpha value is 2.68. The molecule has 0 saturated heterocycles. The first-order chi connectivity index (χ1) is 3.71. The predicted molar refractivity (Wildman–Crippen MR) is 33.3 cm³/mol. The molecule has 62 valence electrons. The van der Waals surface area contributed by atoms with Gasteiger partial charge in [0.05, 0.1) is 0 Å². The molecular weight excluding hydrogens is 255 g/mol. The fourth-order valence-electron chi connectivity index (χ4n) is 0.109. The molecule has 11 heteroatoms. The number of hydrogen-bond acceptors (Lipinski definition) is 5. The summed E-state index contributed by atoms with van der Waals surface area (Å²) in [7, 11) is -10.2. The van der Waals surface area contributed by atoms with Gasteiger partial charge in [-0.3, -0.25) is 9.11 Å². The third kappa shape index (κ3) is 19.2. The van der Waals surface area contributed by atoms with Gasteiger partial charge in [-0.25, -0.2) is 0 Å². The Labute approximate surface area is 141 Å². The summed E-state index contributed by atoms with van der Waals surface area (Å²) in [6.07, 6.45) is 0. The molecule has 0 bridgehead atoms. The van der Waals surface area contributed by atoms with E-state index < -0.39 is 20.8 Å². The molecule has 0 unspecified atom stereocenters. The first-order valence-electron chi connectivity index (χ1n) is 1.37. The zero-order chi connectivity index (χ0) is 7.71. The zero-order valence-electron chi connectivity index (χ0n) is 8.46. The van der Waals surface area contributed by atoms with Crippen LogP contribution >= 0.6 is 0 Å². The molecule has 0 spiro atoms. The second-order valence-corrected chi connectivity index (χ2v) is 3.18. The third-order valence-electron chi connectivity index (χ3n) is 0.172. The van der Waals surface area contributed by atoms with E-state index in [2.05, 4.69) is 3.63 Å². The molecule has 0 heterocycles. The van der Waals surface area contributed by atoms with Crippen molar-refractivity contribution in [1.82, 2.24) is 0 Å². The largest absolute Gasteiger partial charge is 2.00 e. The van der Waals surface area contributed by atoms with Crippen molar-refractivity contribution < 1.29 is 85.2 Å². The van der Waals surface area contributed by atoms with Gasteiger partial charge in [-0.1, -0.05) is 0 Å². The summed E-state index contributed by atoms with van der Waals surface area (Å²) < 4.78 is 55.6. The Morgan fingerprint density at radius 3 is 1.18 bits per heavy atom. The molecule has 0 amide bonds. The van der Waals surface area contributed by atoms with Gasteiger partial charge in [-0.2, -0.15) is 16.8 Å². The standard InChI is InChI=1S/Ca.K.H2O7S2.3H/c;;1-8(2,3)7-9(4,5)6;;;/h;;(H,1,2,3)(H,4,5,6);;;/q+2;+1;;3*-1. The molecular formula is H5CaKO7S2. The van der Waals surface area contributed by atoms with Crippen LogP contribution < -0.4 is 51.4 Å². The van der Waals surface area contributed by atoms with Gasteiger partial charge in [-0.15, -0.1) is 3.63 Å². The van der Waals surface area contributed by atoms with E-state index in [9.17, 15) is 16.8 Å². The topological polar surface area (TPSA) is 118 Å². The normalized spacial score (nSPS) is 11.1. The molecule has 2 N–H and O–H groups in total. The van der Waals surface area contributed by atoms with Gasteiger partial charge in [0.1, 0.15) is 0 Å². The van der Waals surface area contributed by atoms with E-state index >= 15 is 0 Å². The van der Waals surface area contributed by atoms with Crippen molar-refractivity contribution in [3.63, 3.8) is 0 Å². The van der Waals surface area contributed by atoms with E-state index in [0.717, 1.165) is 0 Å². The molecule has 0 aliphatic carbocycles. The van der Waals surface area contributed by atoms with Crippen LogP contribution in [0.1, 0.15) is 4.28 Å². The summed E-state index contributed by atoms with van der Waals surface area (Å²) in [5.41, 5.74) is 0. The van der Waals surface area contributed by atoms with Gasteiger partial charge in [0, 0.05) is 0 Å². The van der Waals surface area contributed by atoms with Crippen LogP contribution in [-0.2, 0) is 24.4 Å². The molecule has 0 aliphatic heterocycles. The molecule has 0 fully saturated rings. The van der Waals surface area contributed by atoms with E-state index in [-0.39, 0.29) is 93.4 Å². The average molecular weight is 260 g/mol. The molecule has 0 aliphatic rings. The minimum Gasteiger partial charge on any atom is -1.00 e. The van der Waals surface area contributed by atoms with Gasteiger partial charge in [0.25, 0.3) is 0 Å². The maximum atomic E-state index is 9.44. The van der Waals surface area contributed by atoms with Crippen LogP contribution in [0.15, 0.2) is 0 Å². The Morgan fingerprint density at radius 1 is 1.00 bits per heavy atom. The summed E-state index contributed by atoms with van der Waals surface area (Å²) in [6, 6.07) is 0. The molecule has 7 nitrogen and oxygen atoms in total. The molecule has 0 rings (SSSR count). The SMILES string of the molecule is O=S(=O)(O)OS(=O)(=O)O.[Ca+2].[H-].[H-].[H-].[K+]. The molecule has 11 heavy (non-hydrogen) atoms. The smallest absolute Gasteiger partial charge is 1.00 e. The molecule has 0 aromatic heterocycles. The maximum Gasteiger partial charge on any atom is 2.00 e. The van der Waals surface area contributed by atoms with Crippen LogP contribution in [-0.4, -0.2) is 63.7 Å². The van der Waals surface area contributed by atoms with E-state index in [1.807, 2.05) is 0 Å². The Kier molecular flexibility index (Phi) is 12.3. The van der Waals surface area contributed by atoms with Gasteiger partial charge in [0.2, 0.25) is 0 Å². The van der Waals surface area contributed by atoms with Crippen molar-refractivity contribution in [2.24, 2.45) is 0 Å². The van der Waals surface area contributed by atoms with Gasteiger partial charge < -0.3 is 4.28 Å². The van der Waals surface area contributed by atoms with Crippen LogP contribution in [0.25, 0.3) is 0 Å². The first kappa shape index (κ1) is 19.3. The van der Waals surface area contributed by atoms with Crippen molar-refractivity contribution in [1.29, 1.82) is 0 Å². The van der Waals surface area contributed by atoms with Crippen LogP contribution in [0.4, 0.5) is 0 Å². The summed E-state index contributed by atoms with van der Waals surface area (Å²) in [6.45, 7) is 0. The van der Waals surface area contributed by atoms with Crippen LogP contribution in [0.2, 0.25) is 0 Å². The summed E-state index contributed by atoms with van der Waals surface area (Å²) in [5.74, 6) is 0.